The van der Waals surface area contributed by atoms with Gasteiger partial charge in [-0.3, -0.25) is 43.8 Å². The Bertz CT molecular complexity index is 1190. The van der Waals surface area contributed by atoms with Gasteiger partial charge in [0, 0.05) is 32.0 Å². The number of nitrogens with one attached hydrogen (secondary N) is 3. The number of amides is 5. The first kappa shape index (κ1) is 38.5. The summed E-state index contributed by atoms with van der Waals surface area (Å²) in [6, 6.07) is -2.93. The largest absolute Gasteiger partial charge is 0.363 e. The minimum absolute atomic E-state index is 0.00734. The third-order valence-corrected chi connectivity index (χ3v) is 9.88. The summed E-state index contributed by atoms with van der Waals surface area (Å²) < 4.78 is 0. The zero-order valence-corrected chi connectivity index (χ0v) is 29.9. The number of primary amides is 1. The van der Waals surface area contributed by atoms with Gasteiger partial charge in [0.2, 0.25) is 29.4 Å². The van der Waals surface area contributed by atoms with E-state index in [9.17, 15) is 28.8 Å². The number of likely N-dealkylation sites (tertiary alicyclic amines) is 2. The molecule has 2 aliphatic heterocycles. The highest BCUT2D eigenvalue weighted by molar-refractivity contribution is 6.37. The summed E-state index contributed by atoms with van der Waals surface area (Å²) in [6.07, 6.45) is 4.08. The molecule has 3 fully saturated rings. The van der Waals surface area contributed by atoms with Crippen molar-refractivity contribution in [3.8, 4) is 0 Å². The van der Waals surface area contributed by atoms with Crippen molar-refractivity contribution < 1.29 is 33.6 Å². The number of nitrogens with two attached hydrogens (primary N) is 1. The number of fused-ring (bicyclic) bond motifs is 1. The monoisotopic (exact) mass is 662 g/mol. The normalized spacial score (nSPS) is 24.9. The van der Waals surface area contributed by atoms with Crippen molar-refractivity contribution in [2.24, 2.45) is 33.8 Å². The molecule has 0 radical (unpaired) electrons. The Morgan fingerprint density at radius 2 is 1.62 bits per heavy atom. The number of hydrogen-bond acceptors (Lipinski definition) is 9. The zero-order chi connectivity index (χ0) is 35.5. The lowest BCUT2D eigenvalue weighted by molar-refractivity contribution is -0.154. The number of carbonyl (C=O) groups excluding carboxylic acids is 6. The molecule has 13 nitrogen and oxygen atoms in total. The Kier molecular flexibility index (Phi) is 12.4. The van der Waals surface area contributed by atoms with Crippen LogP contribution in [0.1, 0.15) is 107 Å². The number of nitrogens with zero attached hydrogens (tertiary/aromatic N) is 2. The first-order valence-corrected chi connectivity index (χ1v) is 17.1. The van der Waals surface area contributed by atoms with Crippen LogP contribution in [0.25, 0.3) is 0 Å². The molecule has 1 saturated carbocycles. The third kappa shape index (κ3) is 9.60. The third-order valence-electron chi connectivity index (χ3n) is 9.88. The molecule has 1 unspecified atom stereocenters. The molecule has 0 aromatic carbocycles. The summed E-state index contributed by atoms with van der Waals surface area (Å²) in [5, 5.41) is 6.05. The lowest BCUT2D eigenvalue weighted by Gasteiger charge is -2.40. The van der Waals surface area contributed by atoms with Gasteiger partial charge in [0.15, 0.2) is 0 Å². The molecule has 2 heterocycles. The number of hydroxylamine groups is 1. The summed E-state index contributed by atoms with van der Waals surface area (Å²) in [6.45, 7) is 18.0. The van der Waals surface area contributed by atoms with Gasteiger partial charge in [0.1, 0.15) is 18.8 Å². The number of imide groups is 1. The minimum atomic E-state index is -1.10. The minimum Gasteiger partial charge on any atom is -0.363 e. The van der Waals surface area contributed by atoms with E-state index < -0.39 is 41.1 Å². The predicted octanol–water partition coefficient (Wildman–Crippen LogP) is 2.03. The fourth-order valence-electron chi connectivity index (χ4n) is 7.13. The first-order chi connectivity index (χ1) is 21.7. The summed E-state index contributed by atoms with van der Waals surface area (Å²) >= 11 is 0. The van der Waals surface area contributed by atoms with Crippen LogP contribution in [0.2, 0.25) is 0 Å². The molecular weight excluding hydrogens is 604 g/mol. The fourth-order valence-corrected chi connectivity index (χ4v) is 7.13. The summed E-state index contributed by atoms with van der Waals surface area (Å²) in [5.74, 6) is -2.95. The lowest BCUT2D eigenvalue weighted by atomic mass is 9.80. The van der Waals surface area contributed by atoms with E-state index in [1.165, 1.54) is 4.90 Å². The van der Waals surface area contributed by atoms with Crippen LogP contribution in [0.3, 0.4) is 0 Å². The van der Waals surface area contributed by atoms with Crippen molar-refractivity contribution in [3.63, 3.8) is 0 Å². The quantitative estimate of drug-likeness (QED) is 0.0712. The molecule has 6 atom stereocenters. The Morgan fingerprint density at radius 1 is 1.00 bits per heavy atom. The fraction of sp³-hybridized carbons (Fsp3) is 0.824. The van der Waals surface area contributed by atoms with Crippen LogP contribution in [-0.2, 0) is 33.6 Å². The molecule has 5 N–H and O–H groups in total. The smallest absolute Gasteiger partial charge is 0.287 e. The zero-order valence-electron chi connectivity index (χ0n) is 29.9. The van der Waals surface area contributed by atoms with E-state index >= 15 is 0 Å². The average Bonchev–Trinajstić information content (AvgIpc) is 3.52. The predicted molar refractivity (Wildman–Crippen MR) is 176 cm³/mol. The highest BCUT2D eigenvalue weighted by atomic mass is 16.7. The summed E-state index contributed by atoms with van der Waals surface area (Å²) in [7, 11) is 0. The van der Waals surface area contributed by atoms with E-state index in [2.05, 4.69) is 16.1 Å². The Balaban J connectivity index is 1.71. The maximum atomic E-state index is 14.2. The van der Waals surface area contributed by atoms with Gasteiger partial charge in [0.25, 0.3) is 5.91 Å². The molecule has 2 saturated heterocycles. The average molecular weight is 663 g/mol. The van der Waals surface area contributed by atoms with Crippen LogP contribution in [0, 0.1) is 28.1 Å². The van der Waals surface area contributed by atoms with Gasteiger partial charge < -0.3 is 16.0 Å². The maximum Gasteiger partial charge on any atom is 0.287 e. The number of ketones is 1. The topological polar surface area (TPSA) is 180 Å². The van der Waals surface area contributed by atoms with Crippen LogP contribution in [0.5, 0.6) is 0 Å². The van der Waals surface area contributed by atoms with E-state index in [1.54, 1.807) is 4.90 Å². The van der Waals surface area contributed by atoms with E-state index in [1.807, 2.05) is 62.3 Å². The molecule has 3 rings (SSSR count). The van der Waals surface area contributed by atoms with E-state index in [0.29, 0.717) is 25.8 Å². The van der Waals surface area contributed by atoms with Crippen molar-refractivity contribution in [2.45, 2.75) is 131 Å². The highest BCUT2D eigenvalue weighted by Gasteiger charge is 2.52. The number of hydrogen-bond donors (Lipinski definition) is 4. The maximum absolute atomic E-state index is 14.2. The Hall–Kier alpha value is -2.90. The second kappa shape index (κ2) is 15.1. The van der Waals surface area contributed by atoms with E-state index in [0.717, 1.165) is 19.3 Å². The van der Waals surface area contributed by atoms with E-state index in [4.69, 9.17) is 10.6 Å². The number of Topliss-reactive ketones (excluding diaryl/α,β-unsaturated/α-hetero) is 1. The Labute approximate surface area is 279 Å². The molecule has 1 aliphatic carbocycles. The van der Waals surface area contributed by atoms with Crippen molar-refractivity contribution >= 4 is 35.3 Å². The molecule has 47 heavy (non-hydrogen) atoms. The molecule has 0 aromatic heterocycles. The first-order valence-electron chi connectivity index (χ1n) is 17.1. The van der Waals surface area contributed by atoms with Crippen LogP contribution in [0.4, 0.5) is 0 Å². The standard InChI is InChI=1S/C34H58N6O7/c1-10-12-22(27(43)29(35)44)37-30(45)26-21-14-11-13-20(21)17-40(26)31(46)28(33(5,6)7)38-47-19-36-23(32(2,3)4)18-39-24(41)15-34(8,9)16-25(39)42/h20-23,26,28,36,38H,10-19H2,1-9H3,(H2,35,44)(H,37,45)/t20-,21-,22?,23+,26-,28+/m0/s1. The van der Waals surface area contributed by atoms with Gasteiger partial charge >= 0.3 is 0 Å². The van der Waals surface area contributed by atoms with Gasteiger partial charge in [0.05, 0.1) is 6.04 Å². The summed E-state index contributed by atoms with van der Waals surface area (Å²) in [4.78, 5) is 86.5. The molecule has 13 heteroatoms. The number of rotatable bonds is 14. The van der Waals surface area contributed by atoms with Crippen LogP contribution in [-0.4, -0.2) is 89.1 Å². The summed E-state index contributed by atoms with van der Waals surface area (Å²) in [5.41, 5.74) is 6.91. The van der Waals surface area contributed by atoms with Gasteiger partial charge in [-0.2, -0.15) is 5.48 Å². The molecule has 3 aliphatic rings. The SMILES string of the molecule is CCCC(NC(=O)[C@@H]1[C@H]2CCC[C@H]2CN1C(=O)[C@@H](NOCN[C@H](CN1C(=O)CC(C)(C)CC1=O)C(C)(C)C)C(C)(C)C)C(=O)C(N)=O. The van der Waals surface area contributed by atoms with Gasteiger partial charge in [-0.1, -0.05) is 75.2 Å². The van der Waals surface area contributed by atoms with Crippen LogP contribution >= 0.6 is 0 Å². The van der Waals surface area contributed by atoms with E-state index in [-0.39, 0.29) is 66.1 Å². The van der Waals surface area contributed by atoms with Crippen molar-refractivity contribution in [2.75, 3.05) is 19.8 Å². The van der Waals surface area contributed by atoms with Gasteiger partial charge in [-0.15, -0.1) is 0 Å². The van der Waals surface area contributed by atoms with Crippen molar-refractivity contribution in [1.29, 1.82) is 0 Å². The highest BCUT2D eigenvalue weighted by Crippen LogP contribution is 2.43. The van der Waals surface area contributed by atoms with Crippen molar-refractivity contribution in [1.82, 2.24) is 25.9 Å². The van der Waals surface area contributed by atoms with Crippen LogP contribution in [0.15, 0.2) is 0 Å². The number of carbonyl (C=O) groups is 6. The second-order valence-electron chi connectivity index (χ2n) is 16.6. The second-order valence-corrected chi connectivity index (χ2v) is 16.6. The molecule has 266 valence electrons. The van der Waals surface area contributed by atoms with Gasteiger partial charge in [-0.25, -0.2) is 0 Å². The lowest BCUT2D eigenvalue weighted by Crippen LogP contribution is -2.59. The molecule has 5 amide bonds. The Morgan fingerprint density at radius 3 is 2.15 bits per heavy atom. The molecule has 0 bridgehead atoms. The van der Waals surface area contributed by atoms with Crippen LogP contribution < -0.4 is 21.8 Å². The molecule has 0 aromatic rings. The number of piperidine rings is 1. The molecular formula is C34H58N6O7. The molecule has 0 spiro atoms. The van der Waals surface area contributed by atoms with Crippen molar-refractivity contribution in [3.05, 3.63) is 0 Å². The van der Waals surface area contributed by atoms with Gasteiger partial charge in [-0.05, 0) is 47.3 Å².